The van der Waals surface area contributed by atoms with Crippen LogP contribution in [-0.4, -0.2) is 52.6 Å². The molecule has 2 aromatic heterocycles. The van der Waals surface area contributed by atoms with Crippen LogP contribution < -0.4 is 15.6 Å². The molecule has 3 heterocycles. The van der Waals surface area contributed by atoms with Crippen molar-refractivity contribution in [2.75, 3.05) is 26.2 Å². The molecule has 0 radical (unpaired) electrons. The molecule has 1 aliphatic rings. The van der Waals surface area contributed by atoms with Gasteiger partial charge in [-0.3, -0.25) is 14.2 Å². The molecule has 0 bridgehead atoms. The molecule has 0 unspecified atom stereocenters. The number of thiazole rings is 1. The van der Waals surface area contributed by atoms with E-state index in [1.54, 1.807) is 40.6 Å². The molecular formula is C33H32ClF3N4O3S. The van der Waals surface area contributed by atoms with Gasteiger partial charge in [-0.1, -0.05) is 29.3 Å². The van der Waals surface area contributed by atoms with E-state index in [1.165, 1.54) is 16.7 Å². The number of halogens is 4. The number of alkyl halides is 3. The van der Waals surface area contributed by atoms with Crippen LogP contribution in [-0.2, 0) is 6.18 Å². The largest absolute Gasteiger partial charge is 0.492 e. The predicted molar refractivity (Wildman–Crippen MR) is 172 cm³/mol. The number of ether oxygens (including phenoxy) is 1. The molecule has 1 aliphatic heterocycles. The van der Waals surface area contributed by atoms with Crippen molar-refractivity contribution in [3.05, 3.63) is 91.7 Å². The Labute approximate surface area is 267 Å². The molecule has 0 saturated carbocycles. The number of aromatic nitrogens is 2. The normalized spacial score (nSPS) is 15.2. The molecule has 45 heavy (non-hydrogen) atoms. The van der Waals surface area contributed by atoms with Crippen LogP contribution in [0.4, 0.5) is 13.2 Å². The Hall–Kier alpha value is -3.93. The second kappa shape index (κ2) is 13.2. The van der Waals surface area contributed by atoms with E-state index in [-0.39, 0.29) is 17.5 Å². The molecule has 4 aromatic rings. The molecule has 0 spiro atoms. The number of rotatable bonds is 7. The number of nitrogens with zero attached hydrogens (tertiary/aromatic N) is 3. The fraction of sp³-hybridized carbons (Fsp3) is 0.303. The van der Waals surface area contributed by atoms with Crippen molar-refractivity contribution in [3.63, 3.8) is 0 Å². The fourth-order valence-corrected chi connectivity index (χ4v) is 6.20. The summed E-state index contributed by atoms with van der Waals surface area (Å²) >= 11 is 7.60. The average Bonchev–Trinajstić information content (AvgIpc) is 3.48. The number of piperazine rings is 1. The maximum absolute atomic E-state index is 14.5. The number of benzene rings is 2. The molecule has 1 atom stereocenters. The Morgan fingerprint density at radius 3 is 2.56 bits per heavy atom. The van der Waals surface area contributed by atoms with Gasteiger partial charge < -0.3 is 15.0 Å². The zero-order chi connectivity index (χ0) is 32.5. The average molecular weight is 657 g/mol. The lowest BCUT2D eigenvalue weighted by Crippen LogP contribution is -2.51. The topological polar surface area (TPSA) is 76.5 Å². The maximum Gasteiger partial charge on any atom is 0.416 e. The van der Waals surface area contributed by atoms with Gasteiger partial charge in [-0.05, 0) is 70.2 Å². The first-order chi connectivity index (χ1) is 21.4. The van der Waals surface area contributed by atoms with E-state index in [0.717, 1.165) is 29.0 Å². The molecular weight excluding hydrogens is 625 g/mol. The molecule has 0 aliphatic carbocycles. The minimum absolute atomic E-state index is 0.0859. The Balaban J connectivity index is 1.75. The van der Waals surface area contributed by atoms with Crippen LogP contribution in [0.2, 0.25) is 5.02 Å². The highest BCUT2D eigenvalue weighted by Crippen LogP contribution is 2.35. The van der Waals surface area contributed by atoms with Gasteiger partial charge in [-0.2, -0.15) is 13.2 Å². The second-order valence-electron chi connectivity index (χ2n) is 11.0. The Morgan fingerprint density at radius 2 is 1.91 bits per heavy atom. The zero-order valence-electron chi connectivity index (χ0n) is 25.2. The Kier molecular flexibility index (Phi) is 9.52. The first kappa shape index (κ1) is 32.5. The summed E-state index contributed by atoms with van der Waals surface area (Å²) in [6, 6.07) is 11.3. The van der Waals surface area contributed by atoms with Gasteiger partial charge in [0.15, 0.2) is 0 Å². The fourth-order valence-electron chi connectivity index (χ4n) is 5.20. The van der Waals surface area contributed by atoms with Crippen LogP contribution in [0.25, 0.3) is 33.6 Å². The molecule has 7 nitrogen and oxygen atoms in total. The number of amides is 1. The lowest BCUT2D eigenvalue weighted by atomic mass is 10.0. The lowest BCUT2D eigenvalue weighted by Gasteiger charge is -2.32. The highest BCUT2D eigenvalue weighted by molar-refractivity contribution is 7.13. The van der Waals surface area contributed by atoms with Gasteiger partial charge >= 0.3 is 6.18 Å². The van der Waals surface area contributed by atoms with E-state index in [1.807, 2.05) is 27.7 Å². The first-order valence-corrected chi connectivity index (χ1v) is 15.7. The zero-order valence-corrected chi connectivity index (χ0v) is 26.7. The summed E-state index contributed by atoms with van der Waals surface area (Å²) in [5.41, 5.74) is 1.72. The summed E-state index contributed by atoms with van der Waals surface area (Å²) < 4.78 is 46.7. The van der Waals surface area contributed by atoms with Gasteiger partial charge in [0.1, 0.15) is 10.8 Å². The monoisotopic (exact) mass is 656 g/mol. The van der Waals surface area contributed by atoms with Crippen molar-refractivity contribution in [2.24, 2.45) is 0 Å². The van der Waals surface area contributed by atoms with Crippen LogP contribution in [0.5, 0.6) is 5.75 Å². The van der Waals surface area contributed by atoms with E-state index in [9.17, 15) is 22.8 Å². The first-order valence-electron chi connectivity index (χ1n) is 14.4. The highest BCUT2D eigenvalue weighted by Gasteiger charge is 2.31. The number of carbonyl (C=O) groups excluding carboxylic acids is 1. The molecule has 1 N–H and O–H groups in total. The van der Waals surface area contributed by atoms with Crippen LogP contribution in [0.15, 0.2) is 64.3 Å². The van der Waals surface area contributed by atoms with E-state index in [2.05, 4.69) is 10.3 Å². The van der Waals surface area contributed by atoms with Crippen molar-refractivity contribution in [2.45, 2.75) is 39.9 Å². The van der Waals surface area contributed by atoms with Crippen molar-refractivity contribution in [1.29, 1.82) is 0 Å². The van der Waals surface area contributed by atoms with E-state index in [4.69, 9.17) is 16.3 Å². The Morgan fingerprint density at radius 1 is 1.18 bits per heavy atom. The van der Waals surface area contributed by atoms with Gasteiger partial charge in [0, 0.05) is 41.6 Å². The van der Waals surface area contributed by atoms with Gasteiger partial charge in [-0.25, -0.2) is 4.98 Å². The van der Waals surface area contributed by atoms with Crippen molar-refractivity contribution in [1.82, 2.24) is 19.8 Å². The molecule has 236 valence electrons. The van der Waals surface area contributed by atoms with Gasteiger partial charge in [0.2, 0.25) is 0 Å². The van der Waals surface area contributed by atoms with Crippen molar-refractivity contribution in [3.8, 4) is 33.3 Å². The molecule has 1 saturated heterocycles. The third kappa shape index (κ3) is 7.00. The summed E-state index contributed by atoms with van der Waals surface area (Å²) in [6.45, 7) is 9.51. The number of pyridine rings is 1. The lowest BCUT2D eigenvalue weighted by molar-refractivity contribution is -0.137. The summed E-state index contributed by atoms with van der Waals surface area (Å²) in [5.74, 6) is 0.161. The number of carbonyl (C=O) groups is 1. The standard InChI is InChI=1S/C33H32ClF3N4O3S/c1-5-44-29-11-10-23(34)15-28(29)41-27(14-19(2)3)24(31(42)40-13-12-38-20(4)17-40)16-25(32(41)43)30-39-26(18-45-30)21-6-8-22(9-7-21)33(35,36)37/h6-11,14-16,18,20,38H,5,12-13,17H2,1-4H3/t20-/m1/s1. The minimum Gasteiger partial charge on any atom is -0.492 e. The molecule has 12 heteroatoms. The van der Waals surface area contributed by atoms with Crippen molar-refractivity contribution < 1.29 is 22.7 Å². The third-order valence-electron chi connectivity index (χ3n) is 7.26. The smallest absolute Gasteiger partial charge is 0.416 e. The van der Waals surface area contributed by atoms with Gasteiger partial charge in [0.25, 0.3) is 11.5 Å². The molecule has 2 aromatic carbocycles. The van der Waals surface area contributed by atoms with Crippen LogP contribution in [0.3, 0.4) is 0 Å². The second-order valence-corrected chi connectivity index (χ2v) is 12.3. The summed E-state index contributed by atoms with van der Waals surface area (Å²) in [5, 5.41) is 5.71. The number of hydrogen-bond acceptors (Lipinski definition) is 6. The van der Waals surface area contributed by atoms with E-state index >= 15 is 0 Å². The summed E-state index contributed by atoms with van der Waals surface area (Å²) in [4.78, 5) is 35.1. The quantitative estimate of drug-likeness (QED) is 0.222. The van der Waals surface area contributed by atoms with Crippen molar-refractivity contribution >= 4 is 34.9 Å². The SMILES string of the molecule is CCOc1ccc(Cl)cc1-n1c(C=C(C)C)c(C(=O)N2CCN[C@H](C)C2)cc(-c2nc(-c3ccc(C(F)(F)F)cc3)cs2)c1=O. The highest BCUT2D eigenvalue weighted by atomic mass is 35.5. The molecule has 1 amide bonds. The number of hydrogen-bond donors (Lipinski definition) is 1. The van der Waals surface area contributed by atoms with E-state index in [0.29, 0.717) is 70.2 Å². The molecule has 1 fully saturated rings. The van der Waals surface area contributed by atoms with Crippen LogP contribution in [0, 0.1) is 0 Å². The molecule has 5 rings (SSSR count). The number of nitrogens with one attached hydrogen (secondary N) is 1. The minimum atomic E-state index is -4.46. The maximum atomic E-state index is 14.5. The third-order valence-corrected chi connectivity index (χ3v) is 8.37. The van der Waals surface area contributed by atoms with Gasteiger partial charge in [-0.15, -0.1) is 11.3 Å². The summed E-state index contributed by atoms with van der Waals surface area (Å²) in [7, 11) is 0. The Bertz CT molecular complexity index is 1810. The van der Waals surface area contributed by atoms with Crippen LogP contribution >= 0.6 is 22.9 Å². The predicted octanol–water partition coefficient (Wildman–Crippen LogP) is 7.56. The van der Waals surface area contributed by atoms with E-state index < -0.39 is 17.3 Å². The summed E-state index contributed by atoms with van der Waals surface area (Å²) in [6.07, 6.45) is -2.67. The van der Waals surface area contributed by atoms with Crippen LogP contribution in [0.1, 0.15) is 49.3 Å². The van der Waals surface area contributed by atoms with Gasteiger partial charge in [0.05, 0.1) is 40.4 Å². The number of allylic oxidation sites excluding steroid dienone is 1.